The van der Waals surface area contributed by atoms with Crippen LogP contribution in [0.3, 0.4) is 0 Å². The molecule has 1 heterocycles. The zero-order valence-electron chi connectivity index (χ0n) is 11.0. The van der Waals surface area contributed by atoms with Crippen LogP contribution in [0.2, 0.25) is 5.02 Å². The molecular weight excluding hydrogens is 296 g/mol. The number of halogens is 1. The number of nitro groups is 1. The fourth-order valence-corrected chi connectivity index (χ4v) is 1.82. The maximum absolute atomic E-state index is 11.7. The van der Waals surface area contributed by atoms with Crippen LogP contribution in [-0.2, 0) is 4.79 Å². The van der Waals surface area contributed by atoms with Gasteiger partial charge in [-0.05, 0) is 31.2 Å². The second-order valence-electron chi connectivity index (χ2n) is 4.19. The minimum atomic E-state index is -0.559. The van der Waals surface area contributed by atoms with E-state index in [0.29, 0.717) is 11.4 Å². The van der Waals surface area contributed by atoms with Crippen LogP contribution >= 0.6 is 11.6 Å². The Hall–Kier alpha value is -2.60. The number of nitrogens with zero attached hydrogens (tertiary/aromatic N) is 1. The third kappa shape index (κ3) is 3.93. The zero-order valence-corrected chi connectivity index (χ0v) is 11.8. The number of nitro benzene ring substituents is 1. The predicted octanol–water partition coefficient (Wildman–Crippen LogP) is 3.80. The first-order chi connectivity index (χ1) is 9.95. The molecule has 0 atom stereocenters. The summed E-state index contributed by atoms with van der Waals surface area (Å²) in [6.45, 7) is 1.80. The minimum Gasteiger partial charge on any atom is -0.462 e. The second kappa shape index (κ2) is 6.23. The van der Waals surface area contributed by atoms with Gasteiger partial charge in [-0.2, -0.15) is 0 Å². The Labute approximate surface area is 125 Å². The monoisotopic (exact) mass is 306 g/mol. The third-order valence-corrected chi connectivity index (χ3v) is 2.89. The van der Waals surface area contributed by atoms with Crippen molar-refractivity contribution in [3.8, 4) is 0 Å². The molecule has 0 aliphatic carbocycles. The number of furan rings is 1. The van der Waals surface area contributed by atoms with Gasteiger partial charge in [0, 0.05) is 18.2 Å². The van der Waals surface area contributed by atoms with Gasteiger partial charge in [-0.25, -0.2) is 0 Å². The summed E-state index contributed by atoms with van der Waals surface area (Å²) in [7, 11) is 0. The van der Waals surface area contributed by atoms with E-state index >= 15 is 0 Å². The van der Waals surface area contributed by atoms with Crippen LogP contribution in [0.5, 0.6) is 0 Å². The van der Waals surface area contributed by atoms with Crippen LogP contribution in [0.1, 0.15) is 11.5 Å². The van der Waals surface area contributed by atoms with Gasteiger partial charge in [0.15, 0.2) is 0 Å². The lowest BCUT2D eigenvalue weighted by Crippen LogP contribution is -2.08. The first-order valence-corrected chi connectivity index (χ1v) is 6.33. The number of benzene rings is 1. The topological polar surface area (TPSA) is 85.4 Å². The van der Waals surface area contributed by atoms with Crippen molar-refractivity contribution in [2.75, 3.05) is 5.32 Å². The Morgan fingerprint density at radius 3 is 2.71 bits per heavy atom. The van der Waals surface area contributed by atoms with E-state index < -0.39 is 10.8 Å². The number of aryl methyl sites for hydroxylation is 1. The molecule has 0 spiro atoms. The highest BCUT2D eigenvalue weighted by Crippen LogP contribution is 2.26. The van der Waals surface area contributed by atoms with Gasteiger partial charge in [-0.1, -0.05) is 11.6 Å². The fourth-order valence-electron chi connectivity index (χ4n) is 1.59. The fraction of sp³-hybridized carbons (Fsp3) is 0.0714. The number of hydrogen-bond donors (Lipinski definition) is 1. The maximum Gasteiger partial charge on any atom is 0.271 e. The Kier molecular flexibility index (Phi) is 4.39. The van der Waals surface area contributed by atoms with Crippen molar-refractivity contribution in [1.82, 2.24) is 0 Å². The van der Waals surface area contributed by atoms with Crippen LogP contribution in [-0.4, -0.2) is 10.8 Å². The van der Waals surface area contributed by atoms with Gasteiger partial charge in [0.05, 0.1) is 15.6 Å². The molecule has 1 amide bonds. The molecule has 108 valence electrons. The van der Waals surface area contributed by atoms with Crippen molar-refractivity contribution in [2.45, 2.75) is 6.92 Å². The van der Waals surface area contributed by atoms with Gasteiger partial charge in [0.1, 0.15) is 11.5 Å². The molecular formula is C14H11ClN2O4. The van der Waals surface area contributed by atoms with Crippen molar-refractivity contribution >= 4 is 35.0 Å². The minimum absolute atomic E-state index is 0.0970. The molecule has 1 aromatic heterocycles. The van der Waals surface area contributed by atoms with Crippen molar-refractivity contribution in [3.63, 3.8) is 0 Å². The molecule has 0 bridgehead atoms. The molecule has 7 heteroatoms. The number of carbonyl (C=O) groups excluding carboxylic acids is 1. The van der Waals surface area contributed by atoms with E-state index in [2.05, 4.69) is 5.32 Å². The molecule has 2 rings (SSSR count). The Balaban J connectivity index is 2.06. The average Bonchev–Trinajstić information content (AvgIpc) is 2.84. The van der Waals surface area contributed by atoms with E-state index in [0.717, 1.165) is 5.76 Å². The van der Waals surface area contributed by atoms with Crippen LogP contribution < -0.4 is 5.32 Å². The van der Waals surface area contributed by atoms with Crippen molar-refractivity contribution < 1.29 is 14.1 Å². The summed E-state index contributed by atoms with van der Waals surface area (Å²) in [5.41, 5.74) is 0.159. The quantitative estimate of drug-likeness (QED) is 0.529. The second-order valence-corrected chi connectivity index (χ2v) is 4.60. The van der Waals surface area contributed by atoms with Crippen LogP contribution in [0.15, 0.2) is 40.8 Å². The molecule has 0 saturated carbocycles. The molecule has 0 fully saturated rings. The summed E-state index contributed by atoms with van der Waals surface area (Å²) in [5, 5.41) is 13.2. The average molecular weight is 307 g/mol. The Morgan fingerprint density at radius 1 is 1.38 bits per heavy atom. The number of rotatable bonds is 4. The van der Waals surface area contributed by atoms with E-state index in [1.54, 1.807) is 19.1 Å². The number of anilines is 1. The lowest BCUT2D eigenvalue weighted by molar-refractivity contribution is -0.384. The highest BCUT2D eigenvalue weighted by atomic mass is 35.5. The van der Waals surface area contributed by atoms with Crippen LogP contribution in [0, 0.1) is 17.0 Å². The summed E-state index contributed by atoms with van der Waals surface area (Å²) >= 11 is 5.88. The molecule has 2 aromatic rings. The molecule has 21 heavy (non-hydrogen) atoms. The summed E-state index contributed by atoms with van der Waals surface area (Å²) < 4.78 is 5.28. The number of nitrogens with one attached hydrogen (secondary N) is 1. The zero-order chi connectivity index (χ0) is 15.4. The predicted molar refractivity (Wildman–Crippen MR) is 79.2 cm³/mol. The van der Waals surface area contributed by atoms with Gasteiger partial charge in [0.25, 0.3) is 5.69 Å². The lowest BCUT2D eigenvalue weighted by Gasteiger charge is -2.04. The number of amides is 1. The summed E-state index contributed by atoms with van der Waals surface area (Å²) in [4.78, 5) is 21.8. The SMILES string of the molecule is Cc1ccc(/C=C/C(=O)Nc2ccc([N+](=O)[O-])cc2Cl)o1. The van der Waals surface area contributed by atoms with Crippen molar-refractivity contribution in [1.29, 1.82) is 0 Å². The molecule has 1 aromatic carbocycles. The highest BCUT2D eigenvalue weighted by molar-refractivity contribution is 6.34. The van der Waals surface area contributed by atoms with Gasteiger partial charge in [0.2, 0.25) is 5.91 Å². The van der Waals surface area contributed by atoms with Crippen LogP contribution in [0.25, 0.3) is 6.08 Å². The van der Waals surface area contributed by atoms with E-state index in [9.17, 15) is 14.9 Å². The lowest BCUT2D eigenvalue weighted by atomic mass is 10.2. The molecule has 6 nitrogen and oxygen atoms in total. The first kappa shape index (κ1) is 14.8. The molecule has 1 N–H and O–H groups in total. The van der Waals surface area contributed by atoms with Gasteiger partial charge in [-0.15, -0.1) is 0 Å². The van der Waals surface area contributed by atoms with E-state index in [-0.39, 0.29) is 10.7 Å². The van der Waals surface area contributed by atoms with E-state index in [4.69, 9.17) is 16.0 Å². The van der Waals surface area contributed by atoms with Gasteiger partial charge < -0.3 is 9.73 Å². The number of carbonyl (C=O) groups is 1. The van der Waals surface area contributed by atoms with Gasteiger partial charge >= 0.3 is 0 Å². The van der Waals surface area contributed by atoms with Gasteiger partial charge in [-0.3, -0.25) is 14.9 Å². The highest BCUT2D eigenvalue weighted by Gasteiger charge is 2.10. The standard InChI is InChI=1S/C14H11ClN2O4/c1-9-2-4-11(21-9)5-7-14(18)16-13-6-3-10(17(19)20)8-12(13)15/h2-8H,1H3,(H,16,18)/b7-5+. The van der Waals surface area contributed by atoms with Crippen molar-refractivity contribution in [3.05, 3.63) is 63.1 Å². The molecule has 0 aliphatic heterocycles. The maximum atomic E-state index is 11.7. The summed E-state index contributed by atoms with van der Waals surface area (Å²) in [6.07, 6.45) is 2.80. The van der Waals surface area contributed by atoms with E-state index in [1.165, 1.54) is 30.4 Å². The smallest absolute Gasteiger partial charge is 0.271 e. The largest absolute Gasteiger partial charge is 0.462 e. The first-order valence-electron chi connectivity index (χ1n) is 5.95. The summed E-state index contributed by atoms with van der Waals surface area (Å²) in [6, 6.07) is 7.34. The molecule has 0 unspecified atom stereocenters. The summed E-state index contributed by atoms with van der Waals surface area (Å²) in [5.74, 6) is 0.880. The Bertz CT molecular complexity index is 722. The van der Waals surface area contributed by atoms with Crippen molar-refractivity contribution in [2.24, 2.45) is 0 Å². The van der Waals surface area contributed by atoms with E-state index in [1.807, 2.05) is 0 Å². The molecule has 0 saturated heterocycles. The number of non-ortho nitro benzene ring substituents is 1. The normalized spacial score (nSPS) is 10.8. The molecule has 0 aliphatic rings. The van der Waals surface area contributed by atoms with Crippen LogP contribution in [0.4, 0.5) is 11.4 Å². The Morgan fingerprint density at radius 2 is 2.14 bits per heavy atom. The molecule has 0 radical (unpaired) electrons. The third-order valence-electron chi connectivity index (χ3n) is 2.58. The number of hydrogen-bond acceptors (Lipinski definition) is 4.